The van der Waals surface area contributed by atoms with E-state index in [2.05, 4.69) is 5.32 Å². The number of carboxylic acid groups (broad SMARTS) is 1. The van der Waals surface area contributed by atoms with Crippen molar-refractivity contribution in [1.82, 2.24) is 5.32 Å². The highest BCUT2D eigenvalue weighted by Crippen LogP contribution is 2.10. The zero-order valence-electron chi connectivity index (χ0n) is 16.2. The zero-order chi connectivity index (χ0) is 19.9. The average molecular weight is 397 g/mol. The van der Waals surface area contributed by atoms with E-state index in [9.17, 15) is 4.79 Å². The Morgan fingerprint density at radius 2 is 1.46 bits per heavy atom. The van der Waals surface area contributed by atoms with Crippen LogP contribution in [0.25, 0.3) is 0 Å². The van der Waals surface area contributed by atoms with Crippen LogP contribution in [0.5, 0.6) is 0 Å². The fourth-order valence-corrected chi connectivity index (χ4v) is 2.72. The SMILES string of the molecule is O=C(O)C1CC(OCCOCCOCCOCCOCc2ccccc2)CN1. The van der Waals surface area contributed by atoms with Gasteiger partial charge in [0.25, 0.3) is 0 Å². The quantitative estimate of drug-likeness (QED) is 0.400. The predicted molar refractivity (Wildman–Crippen MR) is 102 cm³/mol. The number of aliphatic carboxylic acids is 1. The van der Waals surface area contributed by atoms with Gasteiger partial charge in [0.1, 0.15) is 6.04 Å². The summed E-state index contributed by atoms with van der Waals surface area (Å²) in [5.74, 6) is -0.830. The summed E-state index contributed by atoms with van der Waals surface area (Å²) in [7, 11) is 0. The molecular weight excluding hydrogens is 366 g/mol. The molecule has 0 aromatic heterocycles. The molecule has 1 aromatic carbocycles. The molecule has 0 aliphatic carbocycles. The van der Waals surface area contributed by atoms with Crippen molar-refractivity contribution in [2.45, 2.75) is 25.2 Å². The van der Waals surface area contributed by atoms with Gasteiger partial charge < -0.3 is 34.1 Å². The lowest BCUT2D eigenvalue weighted by atomic mass is 10.2. The summed E-state index contributed by atoms with van der Waals surface area (Å²) in [6.07, 6.45) is 0.435. The van der Waals surface area contributed by atoms with Crippen molar-refractivity contribution in [3.63, 3.8) is 0 Å². The van der Waals surface area contributed by atoms with E-state index in [-0.39, 0.29) is 6.10 Å². The van der Waals surface area contributed by atoms with E-state index >= 15 is 0 Å². The molecule has 8 nitrogen and oxygen atoms in total. The average Bonchev–Trinajstić information content (AvgIpc) is 3.18. The molecule has 0 bridgehead atoms. The Kier molecular flexibility index (Phi) is 11.7. The molecule has 1 heterocycles. The summed E-state index contributed by atoms with van der Waals surface area (Å²) in [6, 6.07) is 9.53. The number of rotatable bonds is 16. The second-order valence-corrected chi connectivity index (χ2v) is 6.40. The first-order chi connectivity index (χ1) is 13.8. The molecule has 0 amide bonds. The normalized spacial score (nSPS) is 19.1. The van der Waals surface area contributed by atoms with Crippen LogP contribution in [-0.4, -0.2) is 82.6 Å². The van der Waals surface area contributed by atoms with Crippen LogP contribution in [0.15, 0.2) is 30.3 Å². The van der Waals surface area contributed by atoms with Gasteiger partial charge in [0, 0.05) is 13.0 Å². The minimum Gasteiger partial charge on any atom is -0.480 e. The number of ether oxygens (including phenoxy) is 5. The number of hydrogen-bond donors (Lipinski definition) is 2. The van der Waals surface area contributed by atoms with Crippen LogP contribution in [0.1, 0.15) is 12.0 Å². The summed E-state index contributed by atoms with van der Waals surface area (Å²) in [5, 5.41) is 11.8. The highest BCUT2D eigenvalue weighted by atomic mass is 16.6. The summed E-state index contributed by atoms with van der Waals surface area (Å²) in [6.45, 7) is 5.21. The third-order valence-electron chi connectivity index (χ3n) is 4.20. The van der Waals surface area contributed by atoms with Gasteiger partial charge in [0.05, 0.1) is 65.6 Å². The molecule has 2 N–H and O–H groups in total. The second-order valence-electron chi connectivity index (χ2n) is 6.40. The van der Waals surface area contributed by atoms with E-state index < -0.39 is 12.0 Å². The molecular formula is C20H31NO7. The van der Waals surface area contributed by atoms with Gasteiger partial charge in [0.2, 0.25) is 0 Å². The Morgan fingerprint density at radius 1 is 0.893 bits per heavy atom. The fourth-order valence-electron chi connectivity index (χ4n) is 2.72. The Bertz CT molecular complexity index is 529. The maximum Gasteiger partial charge on any atom is 0.320 e. The molecule has 0 radical (unpaired) electrons. The van der Waals surface area contributed by atoms with E-state index in [0.717, 1.165) is 5.56 Å². The first-order valence-electron chi connectivity index (χ1n) is 9.68. The third-order valence-corrected chi connectivity index (χ3v) is 4.20. The number of benzene rings is 1. The van der Waals surface area contributed by atoms with Gasteiger partial charge in [-0.05, 0) is 5.56 Å². The van der Waals surface area contributed by atoms with Crippen molar-refractivity contribution in [2.75, 3.05) is 59.4 Å². The highest BCUT2D eigenvalue weighted by molar-refractivity contribution is 5.73. The summed E-state index contributed by atoms with van der Waals surface area (Å²) < 4.78 is 27.4. The summed E-state index contributed by atoms with van der Waals surface area (Å²) in [4.78, 5) is 10.8. The minimum absolute atomic E-state index is 0.0604. The van der Waals surface area contributed by atoms with Gasteiger partial charge in [-0.15, -0.1) is 0 Å². The van der Waals surface area contributed by atoms with Gasteiger partial charge >= 0.3 is 5.97 Å². The van der Waals surface area contributed by atoms with Gasteiger partial charge in [-0.1, -0.05) is 30.3 Å². The van der Waals surface area contributed by atoms with Crippen LogP contribution in [0, 0.1) is 0 Å². The Labute approximate surface area is 166 Å². The van der Waals surface area contributed by atoms with Crippen molar-refractivity contribution >= 4 is 5.97 Å². The van der Waals surface area contributed by atoms with Crippen LogP contribution < -0.4 is 5.32 Å². The molecule has 1 aliphatic heterocycles. The van der Waals surface area contributed by atoms with E-state index in [1.807, 2.05) is 30.3 Å². The van der Waals surface area contributed by atoms with Crippen molar-refractivity contribution < 1.29 is 33.6 Å². The molecule has 8 heteroatoms. The third kappa shape index (κ3) is 10.1. The van der Waals surface area contributed by atoms with Gasteiger partial charge in [-0.25, -0.2) is 0 Å². The van der Waals surface area contributed by atoms with E-state index in [1.165, 1.54) is 0 Å². The molecule has 1 aliphatic rings. The Morgan fingerprint density at radius 3 is 2.04 bits per heavy atom. The van der Waals surface area contributed by atoms with Crippen LogP contribution in [0.3, 0.4) is 0 Å². The smallest absolute Gasteiger partial charge is 0.320 e. The van der Waals surface area contributed by atoms with Crippen LogP contribution in [-0.2, 0) is 35.1 Å². The van der Waals surface area contributed by atoms with Crippen molar-refractivity contribution in [1.29, 1.82) is 0 Å². The number of hydrogen-bond acceptors (Lipinski definition) is 7. The van der Waals surface area contributed by atoms with Crippen molar-refractivity contribution in [3.05, 3.63) is 35.9 Å². The molecule has 0 spiro atoms. The number of nitrogens with one attached hydrogen (secondary N) is 1. The maximum absolute atomic E-state index is 10.8. The summed E-state index contributed by atoms with van der Waals surface area (Å²) in [5.41, 5.74) is 1.15. The fraction of sp³-hybridized carbons (Fsp3) is 0.650. The molecule has 1 fully saturated rings. The van der Waals surface area contributed by atoms with Crippen molar-refractivity contribution in [3.8, 4) is 0 Å². The maximum atomic E-state index is 10.8. The molecule has 1 aromatic rings. The summed E-state index contributed by atoms with van der Waals surface area (Å²) >= 11 is 0. The first-order valence-corrected chi connectivity index (χ1v) is 9.68. The zero-order valence-corrected chi connectivity index (χ0v) is 16.2. The number of carboxylic acids is 1. The van der Waals surface area contributed by atoms with E-state index in [1.54, 1.807) is 0 Å². The molecule has 0 saturated carbocycles. The van der Waals surface area contributed by atoms with Crippen LogP contribution in [0.2, 0.25) is 0 Å². The van der Waals surface area contributed by atoms with Crippen LogP contribution >= 0.6 is 0 Å². The standard InChI is InChI=1S/C20H31NO7/c22-20(23)19-14-18(15-21-19)28-13-12-26-9-8-24-6-7-25-10-11-27-16-17-4-2-1-3-5-17/h1-5,18-19,21H,6-16H2,(H,22,23). The minimum atomic E-state index is -0.830. The molecule has 1 saturated heterocycles. The number of carbonyl (C=O) groups is 1. The monoisotopic (exact) mass is 397 g/mol. The largest absolute Gasteiger partial charge is 0.480 e. The van der Waals surface area contributed by atoms with Gasteiger partial charge in [-0.2, -0.15) is 0 Å². The van der Waals surface area contributed by atoms with Crippen LogP contribution in [0.4, 0.5) is 0 Å². The molecule has 2 atom stereocenters. The topological polar surface area (TPSA) is 95.5 Å². The predicted octanol–water partition coefficient (Wildman–Crippen LogP) is 1.08. The Balaban J connectivity index is 1.27. The lowest BCUT2D eigenvalue weighted by molar-refractivity contribution is -0.139. The van der Waals surface area contributed by atoms with E-state index in [0.29, 0.717) is 72.4 Å². The molecule has 2 rings (SSSR count). The molecule has 2 unspecified atom stereocenters. The van der Waals surface area contributed by atoms with Crippen molar-refractivity contribution in [2.24, 2.45) is 0 Å². The van der Waals surface area contributed by atoms with E-state index in [4.69, 9.17) is 28.8 Å². The molecule has 28 heavy (non-hydrogen) atoms. The lowest BCUT2D eigenvalue weighted by Gasteiger charge is -2.11. The Hall–Kier alpha value is -1.55. The van der Waals surface area contributed by atoms with Gasteiger partial charge in [0.15, 0.2) is 0 Å². The lowest BCUT2D eigenvalue weighted by Crippen LogP contribution is -2.29. The highest BCUT2D eigenvalue weighted by Gasteiger charge is 2.29. The van der Waals surface area contributed by atoms with Gasteiger partial charge in [-0.3, -0.25) is 4.79 Å². The second kappa shape index (κ2) is 14.4. The first kappa shape index (κ1) is 22.7. The molecule has 158 valence electrons.